The molecule has 0 amide bonds. The van der Waals surface area contributed by atoms with E-state index in [1.807, 2.05) is 18.2 Å². The van der Waals surface area contributed by atoms with Crippen LogP contribution in [0, 0.1) is 0 Å². The van der Waals surface area contributed by atoms with Crippen LogP contribution < -0.4 is 14.2 Å². The van der Waals surface area contributed by atoms with Crippen molar-refractivity contribution in [1.82, 2.24) is 4.90 Å². The Balaban J connectivity index is 1.59. The summed E-state index contributed by atoms with van der Waals surface area (Å²) >= 11 is 0. The SMILES string of the molecule is COc1ccc2c(/C=C/CN(C)CCc3ccc(OC)c(OC)c3)cccc2c1. The van der Waals surface area contributed by atoms with Gasteiger partial charge >= 0.3 is 0 Å². The van der Waals surface area contributed by atoms with Crippen molar-refractivity contribution in [3.8, 4) is 17.2 Å². The third kappa shape index (κ3) is 5.30. The Bertz CT molecular complexity index is 981. The summed E-state index contributed by atoms with van der Waals surface area (Å²) in [5.74, 6) is 2.42. The van der Waals surface area contributed by atoms with Crippen LogP contribution in [0.15, 0.2) is 60.7 Å². The van der Waals surface area contributed by atoms with E-state index in [9.17, 15) is 0 Å². The standard InChI is InChI=1S/C25H29NO3/c1-26(16-14-19-10-13-24(28-3)25(17-19)29-4)15-6-9-20-7-5-8-21-18-22(27-2)11-12-23(20)21/h5-13,17-18H,14-16H2,1-4H3/b9-6+. The highest BCUT2D eigenvalue weighted by molar-refractivity contribution is 5.91. The molecule has 3 rings (SSSR count). The van der Waals surface area contributed by atoms with Gasteiger partial charge in [0.2, 0.25) is 0 Å². The van der Waals surface area contributed by atoms with E-state index >= 15 is 0 Å². The number of ether oxygens (including phenoxy) is 3. The third-order valence-electron chi connectivity index (χ3n) is 5.07. The highest BCUT2D eigenvalue weighted by Crippen LogP contribution is 2.28. The van der Waals surface area contributed by atoms with E-state index in [0.29, 0.717) is 0 Å². The Kier molecular flexibility index (Phi) is 7.14. The van der Waals surface area contributed by atoms with Gasteiger partial charge in [0.1, 0.15) is 5.75 Å². The zero-order valence-corrected chi connectivity index (χ0v) is 17.6. The van der Waals surface area contributed by atoms with Crippen LogP contribution in [0.2, 0.25) is 0 Å². The molecule has 0 aromatic heterocycles. The van der Waals surface area contributed by atoms with Gasteiger partial charge in [-0.25, -0.2) is 0 Å². The Morgan fingerprint density at radius 2 is 1.69 bits per heavy atom. The molecule has 0 saturated carbocycles. The normalized spacial score (nSPS) is 11.3. The van der Waals surface area contributed by atoms with Gasteiger partial charge in [-0.2, -0.15) is 0 Å². The highest BCUT2D eigenvalue weighted by atomic mass is 16.5. The number of likely N-dealkylation sites (N-methyl/N-ethyl adjacent to an activating group) is 1. The number of methoxy groups -OCH3 is 3. The van der Waals surface area contributed by atoms with E-state index in [1.165, 1.54) is 21.9 Å². The topological polar surface area (TPSA) is 30.9 Å². The summed E-state index contributed by atoms with van der Waals surface area (Å²) in [6.45, 7) is 1.85. The predicted molar refractivity (Wildman–Crippen MR) is 120 cm³/mol. The molecule has 0 unspecified atom stereocenters. The average Bonchev–Trinajstić information content (AvgIpc) is 2.77. The maximum atomic E-state index is 5.39. The second kappa shape index (κ2) is 9.99. The van der Waals surface area contributed by atoms with Gasteiger partial charge in [0.15, 0.2) is 11.5 Å². The molecule has 0 aliphatic heterocycles. The van der Waals surface area contributed by atoms with Crippen molar-refractivity contribution in [2.75, 3.05) is 41.5 Å². The lowest BCUT2D eigenvalue weighted by molar-refractivity contribution is 0.353. The van der Waals surface area contributed by atoms with Gasteiger partial charge < -0.3 is 19.1 Å². The predicted octanol–water partition coefficient (Wildman–Crippen LogP) is 5.05. The number of hydrogen-bond acceptors (Lipinski definition) is 4. The van der Waals surface area contributed by atoms with Crippen LogP contribution in [0.5, 0.6) is 17.2 Å². The Morgan fingerprint density at radius 3 is 2.45 bits per heavy atom. The summed E-state index contributed by atoms with van der Waals surface area (Å²) in [4.78, 5) is 2.31. The van der Waals surface area contributed by atoms with Crippen LogP contribution >= 0.6 is 0 Å². The van der Waals surface area contributed by atoms with E-state index in [1.54, 1.807) is 21.3 Å². The Hall–Kier alpha value is -2.98. The van der Waals surface area contributed by atoms with Crippen LogP contribution in [0.1, 0.15) is 11.1 Å². The molecule has 3 aromatic carbocycles. The first kappa shape index (κ1) is 20.7. The summed E-state index contributed by atoms with van der Waals surface area (Å²) in [7, 11) is 7.16. The van der Waals surface area contributed by atoms with Gasteiger partial charge in [-0.15, -0.1) is 0 Å². The van der Waals surface area contributed by atoms with Gasteiger partial charge in [0.05, 0.1) is 21.3 Å². The first-order valence-electron chi connectivity index (χ1n) is 9.77. The quantitative estimate of drug-likeness (QED) is 0.511. The fourth-order valence-corrected chi connectivity index (χ4v) is 3.37. The van der Waals surface area contributed by atoms with Crippen molar-refractivity contribution in [1.29, 1.82) is 0 Å². The van der Waals surface area contributed by atoms with Crippen LogP contribution in [0.25, 0.3) is 16.8 Å². The van der Waals surface area contributed by atoms with Gasteiger partial charge in [-0.3, -0.25) is 0 Å². The van der Waals surface area contributed by atoms with Crippen molar-refractivity contribution >= 4 is 16.8 Å². The minimum atomic E-state index is 0.764. The van der Waals surface area contributed by atoms with Crippen LogP contribution in [0.4, 0.5) is 0 Å². The number of hydrogen-bond donors (Lipinski definition) is 0. The monoisotopic (exact) mass is 391 g/mol. The maximum Gasteiger partial charge on any atom is 0.160 e. The molecule has 0 spiro atoms. The Labute approximate surface area is 173 Å². The van der Waals surface area contributed by atoms with Crippen molar-refractivity contribution in [2.24, 2.45) is 0 Å². The zero-order valence-electron chi connectivity index (χ0n) is 17.6. The van der Waals surface area contributed by atoms with Crippen molar-refractivity contribution in [2.45, 2.75) is 6.42 Å². The smallest absolute Gasteiger partial charge is 0.160 e. The summed E-state index contributed by atoms with van der Waals surface area (Å²) in [5.41, 5.74) is 2.46. The van der Waals surface area contributed by atoms with E-state index in [-0.39, 0.29) is 0 Å². The molecule has 0 aliphatic carbocycles. The molecule has 4 heteroatoms. The largest absolute Gasteiger partial charge is 0.497 e. The van der Waals surface area contributed by atoms with Crippen LogP contribution in [-0.4, -0.2) is 46.4 Å². The summed E-state index contributed by atoms with van der Waals surface area (Å²) in [5, 5.41) is 2.42. The lowest BCUT2D eigenvalue weighted by atomic mass is 10.0. The van der Waals surface area contributed by atoms with Crippen LogP contribution in [0.3, 0.4) is 0 Å². The summed E-state index contributed by atoms with van der Waals surface area (Å²) in [6, 6.07) is 18.7. The van der Waals surface area contributed by atoms with Crippen molar-refractivity contribution in [3.05, 3.63) is 71.8 Å². The molecule has 0 radical (unpaired) electrons. The third-order valence-corrected chi connectivity index (χ3v) is 5.07. The van der Waals surface area contributed by atoms with E-state index in [4.69, 9.17) is 14.2 Å². The average molecular weight is 392 g/mol. The molecule has 0 aliphatic rings. The fourth-order valence-electron chi connectivity index (χ4n) is 3.37. The summed E-state index contributed by atoms with van der Waals surface area (Å²) in [6.07, 6.45) is 5.37. The molecule has 152 valence electrons. The van der Waals surface area contributed by atoms with Crippen LogP contribution in [-0.2, 0) is 6.42 Å². The van der Waals surface area contributed by atoms with E-state index in [0.717, 1.165) is 36.8 Å². The molecule has 3 aromatic rings. The molecular weight excluding hydrogens is 362 g/mol. The number of rotatable bonds is 9. The lowest BCUT2D eigenvalue weighted by Gasteiger charge is -2.15. The lowest BCUT2D eigenvalue weighted by Crippen LogP contribution is -2.21. The van der Waals surface area contributed by atoms with Crippen molar-refractivity contribution < 1.29 is 14.2 Å². The number of nitrogens with zero attached hydrogens (tertiary/aromatic N) is 1. The van der Waals surface area contributed by atoms with E-state index < -0.39 is 0 Å². The second-order valence-corrected chi connectivity index (χ2v) is 7.04. The Morgan fingerprint density at radius 1 is 0.862 bits per heavy atom. The van der Waals surface area contributed by atoms with Gasteiger partial charge in [0.25, 0.3) is 0 Å². The van der Waals surface area contributed by atoms with Gasteiger partial charge in [-0.1, -0.05) is 42.5 Å². The zero-order chi connectivity index (χ0) is 20.6. The fraction of sp³-hybridized carbons (Fsp3) is 0.280. The highest BCUT2D eigenvalue weighted by Gasteiger charge is 2.05. The first-order chi connectivity index (χ1) is 14.1. The first-order valence-corrected chi connectivity index (χ1v) is 9.77. The maximum absolute atomic E-state index is 5.39. The molecule has 0 bridgehead atoms. The molecule has 0 N–H and O–H groups in total. The number of fused-ring (bicyclic) bond motifs is 1. The molecule has 0 atom stereocenters. The molecule has 0 saturated heterocycles. The van der Waals surface area contributed by atoms with Crippen molar-refractivity contribution in [3.63, 3.8) is 0 Å². The molecule has 0 fully saturated rings. The molecule has 0 heterocycles. The van der Waals surface area contributed by atoms with Gasteiger partial charge in [0, 0.05) is 13.1 Å². The van der Waals surface area contributed by atoms with Gasteiger partial charge in [-0.05, 0) is 59.6 Å². The number of benzene rings is 3. The van der Waals surface area contributed by atoms with E-state index in [2.05, 4.69) is 60.5 Å². The minimum Gasteiger partial charge on any atom is -0.497 e. The minimum absolute atomic E-state index is 0.764. The molecule has 29 heavy (non-hydrogen) atoms. The molecular formula is C25H29NO3. The second-order valence-electron chi connectivity index (χ2n) is 7.04. The molecule has 4 nitrogen and oxygen atoms in total. The summed E-state index contributed by atoms with van der Waals surface area (Å²) < 4.78 is 16.0.